The third-order valence-corrected chi connectivity index (χ3v) is 7.41. The molecule has 0 radical (unpaired) electrons. The van der Waals surface area contributed by atoms with Gasteiger partial charge in [-0.1, -0.05) is 6.07 Å². The minimum Gasteiger partial charge on any atom is -0.449 e. The Balaban J connectivity index is 1.62. The minimum atomic E-state index is -3.88. The maximum atomic E-state index is 13.0. The molecule has 1 atom stereocenters. The molecule has 192 valence electrons. The third-order valence-electron chi connectivity index (χ3n) is 5.52. The van der Waals surface area contributed by atoms with Gasteiger partial charge in [-0.25, -0.2) is 13.2 Å². The summed E-state index contributed by atoms with van der Waals surface area (Å²) in [4.78, 5) is 49.2. The second-order valence-electron chi connectivity index (χ2n) is 8.23. The zero-order valence-electron chi connectivity index (χ0n) is 20.2. The van der Waals surface area contributed by atoms with Gasteiger partial charge < -0.3 is 20.3 Å². The normalized spacial score (nSPS) is 15.0. The van der Waals surface area contributed by atoms with Crippen LogP contribution in [-0.4, -0.2) is 73.6 Å². The predicted octanol–water partition coefficient (Wildman–Crippen LogP) is 1.68. The Bertz CT molecular complexity index is 1250. The molecule has 3 rings (SSSR count). The predicted molar refractivity (Wildman–Crippen MR) is 132 cm³/mol. The molecule has 1 saturated heterocycles. The first-order valence-corrected chi connectivity index (χ1v) is 12.7. The fraction of sp³-hybridized carbons (Fsp3) is 0.333. The summed E-state index contributed by atoms with van der Waals surface area (Å²) < 4.78 is 32.6. The lowest BCUT2D eigenvalue weighted by Crippen LogP contribution is -2.49. The van der Waals surface area contributed by atoms with Gasteiger partial charge in [-0.05, 0) is 49.4 Å². The van der Waals surface area contributed by atoms with E-state index in [9.17, 15) is 27.6 Å². The SMILES string of the molecule is CC(=O)Nc1ccc(NC(=O)C(C)OC(=O)c2cccc(S(=O)(=O)N3CCN(C(C)=O)CC3)c2)cc1. The number of nitrogens with zero attached hydrogens (tertiary/aromatic N) is 2. The molecule has 0 bridgehead atoms. The van der Waals surface area contributed by atoms with E-state index in [2.05, 4.69) is 10.6 Å². The Morgan fingerprint density at radius 2 is 1.47 bits per heavy atom. The fourth-order valence-electron chi connectivity index (χ4n) is 3.54. The van der Waals surface area contributed by atoms with E-state index in [0.29, 0.717) is 24.5 Å². The number of rotatable bonds is 7. The number of anilines is 2. The van der Waals surface area contributed by atoms with Crippen LogP contribution in [0.25, 0.3) is 0 Å². The lowest BCUT2D eigenvalue weighted by Gasteiger charge is -2.33. The minimum absolute atomic E-state index is 0.0160. The van der Waals surface area contributed by atoms with Crippen LogP contribution in [0, 0.1) is 0 Å². The van der Waals surface area contributed by atoms with Crippen molar-refractivity contribution in [3.05, 3.63) is 54.1 Å². The average Bonchev–Trinajstić information content (AvgIpc) is 2.85. The molecular formula is C24H28N4O7S. The van der Waals surface area contributed by atoms with E-state index in [1.807, 2.05) is 0 Å². The summed E-state index contributed by atoms with van der Waals surface area (Å²) in [6, 6.07) is 11.8. The largest absolute Gasteiger partial charge is 0.449 e. The summed E-state index contributed by atoms with van der Waals surface area (Å²) in [5.74, 6) is -1.77. The number of benzene rings is 2. The van der Waals surface area contributed by atoms with Gasteiger partial charge in [-0.15, -0.1) is 0 Å². The van der Waals surface area contributed by atoms with Crippen molar-refractivity contribution >= 4 is 45.1 Å². The zero-order valence-corrected chi connectivity index (χ0v) is 21.0. The average molecular weight is 517 g/mol. The summed E-state index contributed by atoms with van der Waals surface area (Å²) in [6.07, 6.45) is -1.16. The van der Waals surface area contributed by atoms with Gasteiger partial charge in [0.2, 0.25) is 21.8 Å². The first-order chi connectivity index (χ1) is 17.0. The van der Waals surface area contributed by atoms with Gasteiger partial charge in [0.1, 0.15) is 0 Å². The van der Waals surface area contributed by atoms with Crippen LogP contribution < -0.4 is 10.6 Å². The smallest absolute Gasteiger partial charge is 0.338 e. The van der Waals surface area contributed by atoms with Crippen LogP contribution >= 0.6 is 0 Å². The molecule has 0 aromatic heterocycles. The molecule has 1 fully saturated rings. The van der Waals surface area contributed by atoms with Crippen molar-refractivity contribution in [3.63, 3.8) is 0 Å². The van der Waals surface area contributed by atoms with Gasteiger partial charge in [-0.3, -0.25) is 14.4 Å². The first-order valence-electron chi connectivity index (χ1n) is 11.2. The number of amides is 3. The van der Waals surface area contributed by atoms with Crippen LogP contribution in [0.4, 0.5) is 11.4 Å². The molecule has 1 aliphatic rings. The van der Waals surface area contributed by atoms with Crippen molar-refractivity contribution in [1.29, 1.82) is 0 Å². The van der Waals surface area contributed by atoms with E-state index in [-0.39, 0.29) is 35.4 Å². The third kappa shape index (κ3) is 6.67. The van der Waals surface area contributed by atoms with Crippen LogP contribution in [0.15, 0.2) is 53.4 Å². The molecule has 0 saturated carbocycles. The van der Waals surface area contributed by atoms with Crippen LogP contribution in [0.2, 0.25) is 0 Å². The van der Waals surface area contributed by atoms with Crippen molar-refractivity contribution in [2.45, 2.75) is 31.8 Å². The van der Waals surface area contributed by atoms with Crippen LogP contribution in [0.1, 0.15) is 31.1 Å². The molecule has 1 unspecified atom stereocenters. The number of carbonyl (C=O) groups excluding carboxylic acids is 4. The summed E-state index contributed by atoms with van der Waals surface area (Å²) >= 11 is 0. The van der Waals surface area contributed by atoms with Gasteiger partial charge in [0, 0.05) is 51.4 Å². The van der Waals surface area contributed by atoms with Crippen molar-refractivity contribution in [2.75, 3.05) is 36.8 Å². The highest BCUT2D eigenvalue weighted by molar-refractivity contribution is 7.89. The van der Waals surface area contributed by atoms with Crippen molar-refractivity contribution < 1.29 is 32.3 Å². The molecule has 1 heterocycles. The van der Waals surface area contributed by atoms with E-state index in [1.165, 1.54) is 49.3 Å². The maximum absolute atomic E-state index is 13.0. The molecule has 0 aliphatic carbocycles. The summed E-state index contributed by atoms with van der Waals surface area (Å²) in [6.45, 7) is 5.10. The molecule has 2 aromatic rings. The Labute approximate surface area is 209 Å². The van der Waals surface area contributed by atoms with E-state index >= 15 is 0 Å². The summed E-state index contributed by atoms with van der Waals surface area (Å²) in [7, 11) is -3.88. The number of hydrogen-bond donors (Lipinski definition) is 2. The van der Waals surface area contributed by atoms with Gasteiger partial charge >= 0.3 is 5.97 Å². The number of piperazine rings is 1. The second-order valence-corrected chi connectivity index (χ2v) is 10.2. The van der Waals surface area contributed by atoms with Crippen LogP contribution in [0.5, 0.6) is 0 Å². The zero-order chi connectivity index (χ0) is 26.5. The number of nitrogens with one attached hydrogen (secondary N) is 2. The summed E-state index contributed by atoms with van der Waals surface area (Å²) in [5.41, 5.74) is 0.989. The lowest BCUT2D eigenvalue weighted by atomic mass is 10.2. The Hall–Kier alpha value is -3.77. The number of carbonyl (C=O) groups is 4. The molecule has 2 N–H and O–H groups in total. The standard InChI is InChI=1S/C24H28N4O7S/c1-16(23(31)26-21-9-7-20(8-10-21)25-17(2)29)35-24(32)19-5-4-6-22(15-19)36(33,34)28-13-11-27(12-14-28)18(3)30/h4-10,15-16H,11-14H2,1-3H3,(H,25,29)(H,26,31). The first kappa shape index (κ1) is 26.8. The highest BCUT2D eigenvalue weighted by Crippen LogP contribution is 2.20. The van der Waals surface area contributed by atoms with Crippen molar-refractivity contribution in [2.24, 2.45) is 0 Å². The highest BCUT2D eigenvalue weighted by Gasteiger charge is 2.30. The molecule has 0 spiro atoms. The molecule has 12 heteroatoms. The fourth-order valence-corrected chi connectivity index (χ4v) is 5.01. The molecule has 2 aromatic carbocycles. The number of esters is 1. The van der Waals surface area contributed by atoms with E-state index in [0.717, 1.165) is 0 Å². The quantitative estimate of drug-likeness (QED) is 0.533. The number of ether oxygens (including phenoxy) is 1. The monoisotopic (exact) mass is 516 g/mol. The van der Waals surface area contributed by atoms with Crippen LogP contribution in [0.3, 0.4) is 0 Å². The van der Waals surface area contributed by atoms with E-state index in [1.54, 1.807) is 29.2 Å². The van der Waals surface area contributed by atoms with E-state index < -0.39 is 28.0 Å². The van der Waals surface area contributed by atoms with E-state index in [4.69, 9.17) is 4.74 Å². The highest BCUT2D eigenvalue weighted by atomic mass is 32.2. The Morgan fingerprint density at radius 1 is 0.889 bits per heavy atom. The topological polar surface area (TPSA) is 142 Å². The Kier molecular flexibility index (Phi) is 8.43. The Morgan fingerprint density at radius 3 is 2.03 bits per heavy atom. The molecule has 11 nitrogen and oxygen atoms in total. The van der Waals surface area contributed by atoms with Gasteiger partial charge in [-0.2, -0.15) is 4.31 Å². The molecule has 36 heavy (non-hydrogen) atoms. The van der Waals surface area contributed by atoms with Crippen molar-refractivity contribution in [3.8, 4) is 0 Å². The molecule has 3 amide bonds. The van der Waals surface area contributed by atoms with Gasteiger partial charge in [0.15, 0.2) is 6.10 Å². The van der Waals surface area contributed by atoms with Gasteiger partial charge in [0.05, 0.1) is 10.5 Å². The molecular weight excluding hydrogens is 488 g/mol. The van der Waals surface area contributed by atoms with Crippen molar-refractivity contribution in [1.82, 2.24) is 9.21 Å². The maximum Gasteiger partial charge on any atom is 0.338 e. The molecule has 1 aliphatic heterocycles. The van der Waals surface area contributed by atoms with Crippen LogP contribution in [-0.2, 0) is 29.1 Å². The second kappa shape index (κ2) is 11.3. The summed E-state index contributed by atoms with van der Waals surface area (Å²) in [5, 5.41) is 5.22. The van der Waals surface area contributed by atoms with Gasteiger partial charge in [0.25, 0.3) is 5.91 Å². The lowest BCUT2D eigenvalue weighted by molar-refractivity contribution is -0.130. The number of sulfonamides is 1. The number of hydrogen-bond acceptors (Lipinski definition) is 7.